The third-order valence-electron chi connectivity index (χ3n) is 2.38. The Balaban J connectivity index is 2.04. The molecule has 2 rings (SSSR count). The quantitative estimate of drug-likeness (QED) is 0.751. The molecule has 1 aromatic rings. The molecule has 0 aromatic heterocycles. The molecule has 1 aromatic carbocycles. The Morgan fingerprint density at radius 1 is 1.35 bits per heavy atom. The minimum absolute atomic E-state index is 0.0341. The highest BCUT2D eigenvalue weighted by molar-refractivity contribution is 5.92. The molecule has 1 aliphatic rings. The molecule has 5 nitrogen and oxygen atoms in total. The zero-order chi connectivity index (χ0) is 12.4. The number of carboxylic acid groups (broad SMARTS) is 1. The topological polar surface area (TPSA) is 78.4 Å². The van der Waals surface area contributed by atoms with Crippen molar-refractivity contribution in [1.29, 1.82) is 0 Å². The summed E-state index contributed by atoms with van der Waals surface area (Å²) >= 11 is 0. The van der Waals surface area contributed by atoms with Crippen molar-refractivity contribution in [2.75, 3.05) is 5.32 Å². The van der Waals surface area contributed by atoms with Gasteiger partial charge < -0.3 is 15.7 Å². The lowest BCUT2D eigenvalue weighted by molar-refractivity contribution is 0.0696. The number of anilines is 1. The number of benzene rings is 1. The van der Waals surface area contributed by atoms with Gasteiger partial charge in [-0.2, -0.15) is 0 Å². The summed E-state index contributed by atoms with van der Waals surface area (Å²) in [5, 5.41) is 13.6. The van der Waals surface area contributed by atoms with Gasteiger partial charge in [0.15, 0.2) is 0 Å². The van der Waals surface area contributed by atoms with Crippen LogP contribution >= 0.6 is 0 Å². The maximum absolute atomic E-state index is 13.4. The Kier molecular flexibility index (Phi) is 2.95. The summed E-state index contributed by atoms with van der Waals surface area (Å²) < 4.78 is 13.4. The Morgan fingerprint density at radius 3 is 2.59 bits per heavy atom. The van der Waals surface area contributed by atoms with Crippen molar-refractivity contribution in [3.8, 4) is 0 Å². The smallest absolute Gasteiger partial charge is 0.335 e. The third kappa shape index (κ3) is 2.93. The van der Waals surface area contributed by atoms with E-state index in [1.807, 2.05) is 0 Å². The zero-order valence-corrected chi connectivity index (χ0v) is 8.87. The van der Waals surface area contributed by atoms with Crippen LogP contribution in [0.4, 0.5) is 14.9 Å². The van der Waals surface area contributed by atoms with E-state index < -0.39 is 17.8 Å². The van der Waals surface area contributed by atoms with Gasteiger partial charge in [-0.1, -0.05) is 0 Å². The first-order chi connectivity index (χ1) is 8.06. The van der Waals surface area contributed by atoms with Crippen LogP contribution in [0.15, 0.2) is 18.2 Å². The van der Waals surface area contributed by atoms with Crippen LogP contribution in [0.1, 0.15) is 23.2 Å². The van der Waals surface area contributed by atoms with Crippen LogP contribution in [0, 0.1) is 5.82 Å². The molecule has 0 heterocycles. The first kappa shape index (κ1) is 11.4. The van der Waals surface area contributed by atoms with E-state index in [0.717, 1.165) is 18.9 Å². The molecule has 0 spiro atoms. The summed E-state index contributed by atoms with van der Waals surface area (Å²) in [6, 6.07) is 3.03. The van der Waals surface area contributed by atoms with Crippen molar-refractivity contribution in [2.45, 2.75) is 18.9 Å². The summed E-state index contributed by atoms with van der Waals surface area (Å²) in [4.78, 5) is 21.9. The molecule has 0 atom stereocenters. The Labute approximate surface area is 96.6 Å². The number of hydrogen-bond donors (Lipinski definition) is 3. The molecule has 1 aliphatic carbocycles. The van der Waals surface area contributed by atoms with Crippen molar-refractivity contribution in [3.05, 3.63) is 29.6 Å². The van der Waals surface area contributed by atoms with Gasteiger partial charge in [0.2, 0.25) is 0 Å². The van der Waals surface area contributed by atoms with Crippen LogP contribution in [0.2, 0.25) is 0 Å². The van der Waals surface area contributed by atoms with Gasteiger partial charge in [0.1, 0.15) is 5.82 Å². The van der Waals surface area contributed by atoms with E-state index >= 15 is 0 Å². The van der Waals surface area contributed by atoms with Gasteiger partial charge in [-0.3, -0.25) is 0 Å². The highest BCUT2D eigenvalue weighted by Gasteiger charge is 2.23. The Morgan fingerprint density at radius 2 is 2.06 bits per heavy atom. The van der Waals surface area contributed by atoms with E-state index in [2.05, 4.69) is 10.6 Å². The number of urea groups is 1. The number of halogens is 1. The molecule has 6 heteroatoms. The molecule has 1 fully saturated rings. The van der Waals surface area contributed by atoms with E-state index in [4.69, 9.17) is 5.11 Å². The summed E-state index contributed by atoms with van der Waals surface area (Å²) in [7, 11) is 0. The third-order valence-corrected chi connectivity index (χ3v) is 2.38. The maximum atomic E-state index is 13.4. The average Bonchev–Trinajstić information content (AvgIpc) is 3.04. The second-order valence-corrected chi connectivity index (χ2v) is 3.87. The maximum Gasteiger partial charge on any atom is 0.335 e. The van der Waals surface area contributed by atoms with Crippen molar-refractivity contribution >= 4 is 17.7 Å². The van der Waals surface area contributed by atoms with E-state index in [0.29, 0.717) is 0 Å². The highest BCUT2D eigenvalue weighted by atomic mass is 19.1. The number of amides is 2. The largest absolute Gasteiger partial charge is 0.478 e. The van der Waals surface area contributed by atoms with Crippen molar-refractivity contribution in [2.24, 2.45) is 0 Å². The predicted octanol–water partition coefficient (Wildman–Crippen LogP) is 1.81. The van der Waals surface area contributed by atoms with E-state index in [9.17, 15) is 14.0 Å². The molecule has 90 valence electrons. The lowest BCUT2D eigenvalue weighted by Gasteiger charge is -2.07. The fraction of sp³-hybridized carbons (Fsp3) is 0.273. The van der Waals surface area contributed by atoms with Crippen LogP contribution in [-0.4, -0.2) is 23.1 Å². The number of nitrogens with one attached hydrogen (secondary N) is 2. The average molecular weight is 238 g/mol. The number of carboxylic acids is 1. The second-order valence-electron chi connectivity index (χ2n) is 3.87. The second kappa shape index (κ2) is 4.40. The number of carbonyl (C=O) groups is 2. The van der Waals surface area contributed by atoms with Gasteiger partial charge >= 0.3 is 12.0 Å². The van der Waals surface area contributed by atoms with Gasteiger partial charge in [0, 0.05) is 6.04 Å². The standard InChI is InChI=1S/C11H11FN2O3/c12-8-5-6(10(15)16)1-4-9(8)14-11(17)13-7-2-3-7/h1,4-5,7H,2-3H2,(H,15,16)(H2,13,14,17). The molecular formula is C11H11FN2O3. The van der Waals surface area contributed by atoms with Gasteiger partial charge in [0.25, 0.3) is 0 Å². The number of carbonyl (C=O) groups excluding carboxylic acids is 1. The van der Waals surface area contributed by atoms with Crippen LogP contribution in [0.3, 0.4) is 0 Å². The minimum Gasteiger partial charge on any atom is -0.478 e. The lowest BCUT2D eigenvalue weighted by Crippen LogP contribution is -2.30. The van der Waals surface area contributed by atoms with Gasteiger partial charge in [-0.15, -0.1) is 0 Å². The fourth-order valence-corrected chi connectivity index (χ4v) is 1.32. The summed E-state index contributed by atoms with van der Waals surface area (Å²) in [5.41, 5.74) is -0.191. The zero-order valence-electron chi connectivity index (χ0n) is 8.87. The molecule has 17 heavy (non-hydrogen) atoms. The number of aromatic carboxylic acids is 1. The van der Waals surface area contributed by atoms with Crippen LogP contribution in [0.5, 0.6) is 0 Å². The van der Waals surface area contributed by atoms with Crippen molar-refractivity contribution in [3.63, 3.8) is 0 Å². The first-order valence-corrected chi connectivity index (χ1v) is 5.16. The van der Waals surface area contributed by atoms with E-state index in [1.165, 1.54) is 12.1 Å². The van der Waals surface area contributed by atoms with Crippen molar-refractivity contribution in [1.82, 2.24) is 5.32 Å². The molecule has 0 unspecified atom stereocenters. The SMILES string of the molecule is O=C(Nc1ccc(C(=O)O)cc1F)NC1CC1. The predicted molar refractivity (Wildman–Crippen MR) is 58.5 cm³/mol. The highest BCUT2D eigenvalue weighted by Crippen LogP contribution is 2.20. The Bertz CT molecular complexity index is 472. The van der Waals surface area contributed by atoms with Crippen molar-refractivity contribution < 1.29 is 19.1 Å². The normalized spacial score (nSPS) is 14.2. The molecule has 0 aliphatic heterocycles. The van der Waals surface area contributed by atoms with Gasteiger partial charge in [0.05, 0.1) is 11.3 Å². The van der Waals surface area contributed by atoms with Crippen LogP contribution in [-0.2, 0) is 0 Å². The molecule has 1 saturated carbocycles. The first-order valence-electron chi connectivity index (χ1n) is 5.16. The molecule has 0 saturated heterocycles. The molecule has 3 N–H and O–H groups in total. The van der Waals surface area contributed by atoms with Crippen LogP contribution < -0.4 is 10.6 Å². The van der Waals surface area contributed by atoms with E-state index in [-0.39, 0.29) is 17.3 Å². The molecule has 0 radical (unpaired) electrons. The molecular weight excluding hydrogens is 227 g/mol. The summed E-state index contributed by atoms with van der Waals surface area (Å²) in [6.45, 7) is 0. The Hall–Kier alpha value is -2.11. The molecule has 2 amide bonds. The fourth-order valence-electron chi connectivity index (χ4n) is 1.32. The number of hydrogen-bond acceptors (Lipinski definition) is 2. The van der Waals surface area contributed by atoms with E-state index in [1.54, 1.807) is 0 Å². The summed E-state index contributed by atoms with van der Waals surface area (Å²) in [6.07, 6.45) is 1.88. The molecule has 0 bridgehead atoms. The van der Waals surface area contributed by atoms with Gasteiger partial charge in [-0.05, 0) is 31.0 Å². The van der Waals surface area contributed by atoms with Crippen LogP contribution in [0.25, 0.3) is 0 Å². The summed E-state index contributed by atoms with van der Waals surface area (Å²) in [5.74, 6) is -1.98. The van der Waals surface area contributed by atoms with Gasteiger partial charge in [-0.25, -0.2) is 14.0 Å². The lowest BCUT2D eigenvalue weighted by atomic mass is 10.2. The minimum atomic E-state index is -1.21. The number of rotatable bonds is 3. The monoisotopic (exact) mass is 238 g/mol.